The number of benzene rings is 1. The van der Waals surface area contributed by atoms with E-state index in [4.69, 9.17) is 39.8 Å². The van der Waals surface area contributed by atoms with E-state index in [2.05, 4.69) is 20.2 Å². The summed E-state index contributed by atoms with van der Waals surface area (Å²) < 4.78 is 6.33. The molecule has 32 heavy (non-hydrogen) atoms. The minimum absolute atomic E-state index is 0.159. The van der Waals surface area contributed by atoms with Crippen molar-refractivity contribution in [1.82, 2.24) is 20.2 Å². The summed E-state index contributed by atoms with van der Waals surface area (Å²) in [6.45, 7) is 0.594. The summed E-state index contributed by atoms with van der Waals surface area (Å²) in [5, 5.41) is 5.06. The molecule has 1 fully saturated rings. The van der Waals surface area contributed by atoms with E-state index in [0.717, 1.165) is 22.6 Å². The summed E-state index contributed by atoms with van der Waals surface area (Å²) in [5.41, 5.74) is 2.80. The zero-order chi connectivity index (χ0) is 22.1. The number of rotatable bonds is 5. The summed E-state index contributed by atoms with van der Waals surface area (Å²) >= 11 is 18.0. The van der Waals surface area contributed by atoms with Crippen LogP contribution >= 0.6 is 35.4 Å². The van der Waals surface area contributed by atoms with Crippen LogP contribution in [0.1, 0.15) is 29.1 Å². The average molecular weight is 481 g/mol. The van der Waals surface area contributed by atoms with Gasteiger partial charge in [0.25, 0.3) is 0 Å². The van der Waals surface area contributed by atoms with Gasteiger partial charge in [-0.1, -0.05) is 35.3 Å². The maximum Gasteiger partial charge on any atom is 0.170 e. The van der Waals surface area contributed by atoms with Crippen molar-refractivity contribution in [3.8, 4) is 11.3 Å². The Balaban J connectivity index is 1.54. The number of pyridine rings is 2. The van der Waals surface area contributed by atoms with E-state index in [-0.39, 0.29) is 12.1 Å². The van der Waals surface area contributed by atoms with Crippen molar-refractivity contribution in [1.29, 1.82) is 0 Å². The molecule has 1 aliphatic heterocycles. The molecule has 5 rings (SSSR count). The molecule has 1 aliphatic rings. The quantitative estimate of drug-likeness (QED) is 0.342. The highest BCUT2D eigenvalue weighted by atomic mass is 35.5. The number of halogens is 2. The van der Waals surface area contributed by atoms with Crippen LogP contribution in [0.2, 0.25) is 10.0 Å². The summed E-state index contributed by atoms with van der Waals surface area (Å²) in [5.74, 6) is 1.48. The van der Waals surface area contributed by atoms with Crippen LogP contribution in [0, 0.1) is 0 Å². The number of nitrogens with one attached hydrogen (secondary N) is 1. The summed E-state index contributed by atoms with van der Waals surface area (Å²) in [7, 11) is 0. The van der Waals surface area contributed by atoms with Gasteiger partial charge < -0.3 is 14.6 Å². The lowest BCUT2D eigenvalue weighted by molar-refractivity contribution is 0.269. The maximum absolute atomic E-state index is 6.33. The summed E-state index contributed by atoms with van der Waals surface area (Å²) in [4.78, 5) is 10.9. The van der Waals surface area contributed by atoms with E-state index in [1.54, 1.807) is 24.5 Å². The Kier molecular flexibility index (Phi) is 5.83. The Bertz CT molecular complexity index is 1250. The largest absolute Gasteiger partial charge is 0.459 e. The molecular weight excluding hydrogens is 463 g/mol. The maximum atomic E-state index is 6.33. The number of thiocarbonyl (C=S) groups is 1. The van der Waals surface area contributed by atoms with Crippen LogP contribution in [-0.4, -0.2) is 20.0 Å². The van der Waals surface area contributed by atoms with Crippen molar-refractivity contribution in [3.63, 3.8) is 0 Å². The first-order valence-corrected chi connectivity index (χ1v) is 11.2. The number of aromatic nitrogens is 2. The lowest BCUT2D eigenvalue weighted by Gasteiger charge is -2.26. The van der Waals surface area contributed by atoms with Gasteiger partial charge in [0.1, 0.15) is 17.6 Å². The molecule has 3 aromatic heterocycles. The lowest BCUT2D eigenvalue weighted by Crippen LogP contribution is -2.29. The highest BCUT2D eigenvalue weighted by Gasteiger charge is 2.41. The highest BCUT2D eigenvalue weighted by Crippen LogP contribution is 2.41. The molecule has 1 N–H and O–H groups in total. The van der Waals surface area contributed by atoms with Crippen molar-refractivity contribution in [2.75, 3.05) is 0 Å². The van der Waals surface area contributed by atoms with E-state index in [0.29, 0.717) is 27.5 Å². The van der Waals surface area contributed by atoms with E-state index >= 15 is 0 Å². The number of nitrogens with zero attached hydrogens (tertiary/aromatic N) is 3. The molecule has 4 heterocycles. The third-order valence-electron chi connectivity index (χ3n) is 5.40. The first-order valence-electron chi connectivity index (χ1n) is 10.0. The van der Waals surface area contributed by atoms with E-state index in [1.807, 2.05) is 54.7 Å². The summed E-state index contributed by atoms with van der Waals surface area (Å²) in [6.07, 6.45) is 5.38. The van der Waals surface area contributed by atoms with E-state index in [9.17, 15) is 0 Å². The van der Waals surface area contributed by atoms with E-state index < -0.39 is 0 Å². The van der Waals surface area contributed by atoms with Crippen LogP contribution in [0.3, 0.4) is 0 Å². The molecule has 4 aromatic rings. The van der Waals surface area contributed by atoms with Gasteiger partial charge in [-0.3, -0.25) is 9.97 Å². The third kappa shape index (κ3) is 4.09. The smallest absolute Gasteiger partial charge is 0.170 e. The average Bonchev–Trinajstić information content (AvgIpc) is 3.42. The normalized spacial score (nSPS) is 18.1. The molecule has 1 saturated heterocycles. The second kappa shape index (κ2) is 8.90. The zero-order valence-corrected chi connectivity index (χ0v) is 19.1. The fourth-order valence-electron chi connectivity index (χ4n) is 3.89. The third-order valence-corrected chi connectivity index (χ3v) is 6.49. The first kappa shape index (κ1) is 20.9. The Labute approximate surface area is 201 Å². The molecule has 0 spiro atoms. The van der Waals surface area contributed by atoms with Crippen LogP contribution in [-0.2, 0) is 6.54 Å². The van der Waals surface area contributed by atoms with Gasteiger partial charge in [-0.25, -0.2) is 0 Å². The Morgan fingerprint density at radius 1 is 1.00 bits per heavy atom. The van der Waals surface area contributed by atoms with Crippen LogP contribution in [0.5, 0.6) is 0 Å². The molecule has 0 unspecified atom stereocenters. The standard InChI is InChI=1S/C24H18Cl2N4OS/c25-17-7-6-16(12-18(17)26)20-8-9-21(31-20)23-22(19-5-1-2-11-28-19)29-24(32)30(23)14-15-4-3-10-27-13-15/h1-13,22-23H,14H2,(H,29,32)/t22-,23+/m1/s1. The molecule has 1 aromatic carbocycles. The number of furan rings is 1. The van der Waals surface area contributed by atoms with Gasteiger partial charge >= 0.3 is 0 Å². The van der Waals surface area contributed by atoms with E-state index in [1.165, 1.54) is 0 Å². The molecule has 0 aliphatic carbocycles. The first-order chi connectivity index (χ1) is 15.6. The minimum atomic E-state index is -0.186. The van der Waals surface area contributed by atoms with Crippen molar-refractivity contribution >= 4 is 40.5 Å². The van der Waals surface area contributed by atoms with Crippen LogP contribution in [0.4, 0.5) is 0 Å². The van der Waals surface area contributed by atoms with Crippen LogP contribution in [0.25, 0.3) is 11.3 Å². The monoisotopic (exact) mass is 480 g/mol. The molecule has 0 bridgehead atoms. The number of hydrogen-bond acceptors (Lipinski definition) is 4. The Hall–Kier alpha value is -2.93. The second-order valence-corrected chi connectivity index (χ2v) is 8.65. The molecule has 160 valence electrons. The van der Waals surface area contributed by atoms with Crippen molar-refractivity contribution in [2.45, 2.75) is 18.6 Å². The highest BCUT2D eigenvalue weighted by molar-refractivity contribution is 7.80. The molecular formula is C24H18Cl2N4OS. The summed E-state index contributed by atoms with van der Waals surface area (Å²) in [6, 6.07) is 18.8. The van der Waals surface area contributed by atoms with Gasteiger partial charge in [-0.15, -0.1) is 0 Å². The minimum Gasteiger partial charge on any atom is -0.459 e. The van der Waals surface area contributed by atoms with Crippen molar-refractivity contribution in [3.05, 3.63) is 106 Å². The van der Waals surface area contributed by atoms with Crippen LogP contribution in [0.15, 0.2) is 83.7 Å². The topological polar surface area (TPSA) is 54.2 Å². The van der Waals surface area contributed by atoms with Gasteiger partial charge in [-0.05, 0) is 66.3 Å². The van der Waals surface area contributed by atoms with Gasteiger partial charge in [0, 0.05) is 30.7 Å². The predicted octanol–water partition coefficient (Wildman–Crippen LogP) is 6.22. The van der Waals surface area contributed by atoms with Crippen LogP contribution < -0.4 is 5.32 Å². The fraction of sp³-hybridized carbons (Fsp3) is 0.125. The molecule has 0 amide bonds. The number of hydrogen-bond donors (Lipinski definition) is 1. The van der Waals surface area contributed by atoms with Gasteiger partial charge in [-0.2, -0.15) is 0 Å². The van der Waals surface area contributed by atoms with Crippen molar-refractivity contribution < 1.29 is 4.42 Å². The Morgan fingerprint density at radius 2 is 1.91 bits per heavy atom. The predicted molar refractivity (Wildman–Crippen MR) is 129 cm³/mol. The van der Waals surface area contributed by atoms with Crippen molar-refractivity contribution in [2.24, 2.45) is 0 Å². The zero-order valence-electron chi connectivity index (χ0n) is 16.8. The fourth-order valence-corrected chi connectivity index (χ4v) is 4.49. The lowest BCUT2D eigenvalue weighted by atomic mass is 10.0. The van der Waals surface area contributed by atoms with Gasteiger partial charge in [0.2, 0.25) is 0 Å². The molecule has 0 radical (unpaired) electrons. The Morgan fingerprint density at radius 3 is 2.66 bits per heavy atom. The molecule has 0 saturated carbocycles. The second-order valence-electron chi connectivity index (χ2n) is 7.45. The SMILES string of the molecule is S=C1N[C@H](c2ccccn2)[C@H](c2ccc(-c3ccc(Cl)c(Cl)c3)o2)N1Cc1cccnc1. The van der Waals surface area contributed by atoms with Gasteiger partial charge in [0.05, 0.1) is 21.8 Å². The molecule has 8 heteroatoms. The molecule has 2 atom stereocenters. The molecule has 5 nitrogen and oxygen atoms in total. The van der Waals surface area contributed by atoms with Gasteiger partial charge in [0.15, 0.2) is 5.11 Å².